The van der Waals surface area contributed by atoms with Crippen LogP contribution in [0, 0.1) is 0 Å². The highest BCUT2D eigenvalue weighted by atomic mass is 32.1. The molecule has 1 aromatic carbocycles. The lowest BCUT2D eigenvalue weighted by Crippen LogP contribution is -2.44. The zero-order chi connectivity index (χ0) is 20.9. The summed E-state index contributed by atoms with van der Waals surface area (Å²) in [7, 11) is 0. The van der Waals surface area contributed by atoms with Crippen molar-refractivity contribution in [3.63, 3.8) is 0 Å². The molecule has 30 heavy (non-hydrogen) atoms. The van der Waals surface area contributed by atoms with E-state index in [4.69, 9.17) is 9.47 Å². The molecule has 2 aliphatic rings. The molecule has 2 unspecified atom stereocenters. The first kappa shape index (κ1) is 21.4. The zero-order valence-electron chi connectivity index (χ0n) is 17.7. The average molecular weight is 431 g/mol. The third-order valence-corrected chi connectivity index (χ3v) is 6.16. The van der Waals surface area contributed by atoms with E-state index in [1.807, 2.05) is 23.6 Å². The molecular formula is C22H30N4O3S. The molecule has 0 saturated carbocycles. The summed E-state index contributed by atoms with van der Waals surface area (Å²) in [5.74, 6) is -0.117. The van der Waals surface area contributed by atoms with Crippen molar-refractivity contribution in [2.45, 2.75) is 39.1 Å². The van der Waals surface area contributed by atoms with Gasteiger partial charge in [-0.3, -0.25) is 19.9 Å². The molecule has 2 saturated heterocycles. The zero-order valence-corrected chi connectivity index (χ0v) is 18.5. The van der Waals surface area contributed by atoms with Crippen molar-refractivity contribution in [3.8, 4) is 0 Å². The van der Waals surface area contributed by atoms with E-state index in [9.17, 15) is 4.79 Å². The second kappa shape index (κ2) is 9.98. The molecule has 2 aromatic rings. The van der Waals surface area contributed by atoms with Crippen LogP contribution < -0.4 is 5.32 Å². The number of nitrogens with zero attached hydrogens (tertiary/aromatic N) is 3. The molecule has 8 heteroatoms. The predicted octanol–water partition coefficient (Wildman–Crippen LogP) is 2.84. The standard InChI is InChI=1S/C22H30N4O3S/c1-16-11-26(12-17(2)29-16)14-20-15-30-22(23-20)24-21(27)19-5-3-4-18(10-19)13-25-6-8-28-9-7-25/h3-5,10,15-17H,6-9,11-14H2,1-2H3,(H,23,24,27). The Morgan fingerprint density at radius 2 is 1.93 bits per heavy atom. The molecule has 1 N–H and O–H groups in total. The van der Waals surface area contributed by atoms with Gasteiger partial charge in [-0.2, -0.15) is 0 Å². The summed E-state index contributed by atoms with van der Waals surface area (Å²) in [6.07, 6.45) is 0.465. The maximum atomic E-state index is 12.7. The minimum Gasteiger partial charge on any atom is -0.379 e. The van der Waals surface area contributed by atoms with E-state index >= 15 is 0 Å². The Bertz CT molecular complexity index is 842. The number of morpholine rings is 2. The molecule has 3 heterocycles. The van der Waals surface area contributed by atoms with Crippen molar-refractivity contribution in [1.29, 1.82) is 0 Å². The van der Waals surface area contributed by atoms with E-state index in [0.29, 0.717) is 10.7 Å². The number of amides is 1. The number of benzene rings is 1. The average Bonchev–Trinajstić information content (AvgIpc) is 3.15. The van der Waals surface area contributed by atoms with Crippen LogP contribution in [0.5, 0.6) is 0 Å². The number of nitrogens with one attached hydrogen (secondary N) is 1. The largest absolute Gasteiger partial charge is 0.379 e. The lowest BCUT2D eigenvalue weighted by atomic mass is 10.1. The maximum absolute atomic E-state index is 12.7. The van der Waals surface area contributed by atoms with Crippen LogP contribution in [-0.2, 0) is 22.6 Å². The Hall–Kier alpha value is -1.84. The van der Waals surface area contributed by atoms with E-state index in [-0.39, 0.29) is 18.1 Å². The Labute approximate surface area is 182 Å². The van der Waals surface area contributed by atoms with Crippen molar-refractivity contribution in [2.75, 3.05) is 44.7 Å². The first-order valence-electron chi connectivity index (χ1n) is 10.6. The van der Waals surface area contributed by atoms with Crippen molar-refractivity contribution in [2.24, 2.45) is 0 Å². The van der Waals surface area contributed by atoms with Gasteiger partial charge in [0.05, 0.1) is 31.1 Å². The molecule has 1 aromatic heterocycles. The molecule has 4 rings (SSSR count). The molecule has 0 bridgehead atoms. The molecule has 0 spiro atoms. The maximum Gasteiger partial charge on any atom is 0.257 e. The van der Waals surface area contributed by atoms with Gasteiger partial charge in [-0.15, -0.1) is 11.3 Å². The summed E-state index contributed by atoms with van der Waals surface area (Å²) in [5, 5.41) is 5.62. The van der Waals surface area contributed by atoms with Crippen LogP contribution in [0.1, 0.15) is 35.5 Å². The summed E-state index contributed by atoms with van der Waals surface area (Å²) < 4.78 is 11.2. The van der Waals surface area contributed by atoms with Gasteiger partial charge >= 0.3 is 0 Å². The van der Waals surface area contributed by atoms with Crippen LogP contribution in [0.15, 0.2) is 29.6 Å². The summed E-state index contributed by atoms with van der Waals surface area (Å²) >= 11 is 1.47. The summed E-state index contributed by atoms with van der Waals surface area (Å²) in [4.78, 5) is 22.1. The number of ether oxygens (including phenoxy) is 2. The van der Waals surface area contributed by atoms with Crippen LogP contribution >= 0.6 is 11.3 Å². The Balaban J connectivity index is 1.33. The minimum atomic E-state index is -0.117. The number of rotatable bonds is 6. The monoisotopic (exact) mass is 430 g/mol. The Morgan fingerprint density at radius 3 is 2.70 bits per heavy atom. The predicted molar refractivity (Wildman–Crippen MR) is 118 cm³/mol. The highest BCUT2D eigenvalue weighted by molar-refractivity contribution is 7.13. The second-order valence-electron chi connectivity index (χ2n) is 8.14. The van der Waals surface area contributed by atoms with E-state index in [2.05, 4.69) is 40.0 Å². The molecule has 162 valence electrons. The van der Waals surface area contributed by atoms with Crippen LogP contribution in [0.4, 0.5) is 5.13 Å². The van der Waals surface area contributed by atoms with Gasteiger partial charge in [-0.25, -0.2) is 4.98 Å². The number of thiazole rings is 1. The molecule has 2 fully saturated rings. The Kier molecular flexibility index (Phi) is 7.12. The van der Waals surface area contributed by atoms with Crippen LogP contribution in [0.2, 0.25) is 0 Å². The quantitative estimate of drug-likeness (QED) is 0.760. The first-order valence-corrected chi connectivity index (χ1v) is 11.5. The van der Waals surface area contributed by atoms with Gasteiger partial charge in [0.1, 0.15) is 0 Å². The van der Waals surface area contributed by atoms with E-state index in [1.165, 1.54) is 11.3 Å². The van der Waals surface area contributed by atoms with Gasteiger partial charge in [0.2, 0.25) is 0 Å². The lowest BCUT2D eigenvalue weighted by Gasteiger charge is -2.34. The summed E-state index contributed by atoms with van der Waals surface area (Å²) in [6.45, 7) is 11.0. The summed E-state index contributed by atoms with van der Waals surface area (Å²) in [5.41, 5.74) is 2.78. The number of aromatic nitrogens is 1. The highest BCUT2D eigenvalue weighted by Crippen LogP contribution is 2.20. The lowest BCUT2D eigenvalue weighted by molar-refractivity contribution is -0.0707. The fraction of sp³-hybridized carbons (Fsp3) is 0.545. The van der Waals surface area contributed by atoms with Crippen LogP contribution in [-0.4, -0.2) is 72.3 Å². The number of carbonyl (C=O) groups excluding carboxylic acids is 1. The van der Waals surface area contributed by atoms with Gasteiger partial charge in [-0.1, -0.05) is 12.1 Å². The minimum absolute atomic E-state index is 0.117. The number of hydrogen-bond acceptors (Lipinski definition) is 7. The SMILES string of the molecule is CC1CN(Cc2csc(NC(=O)c3cccc(CN4CCOCC4)c3)n2)CC(C)O1. The topological polar surface area (TPSA) is 66.9 Å². The molecular weight excluding hydrogens is 400 g/mol. The second-order valence-corrected chi connectivity index (χ2v) is 9.00. The van der Waals surface area contributed by atoms with Crippen molar-refractivity contribution < 1.29 is 14.3 Å². The molecule has 7 nitrogen and oxygen atoms in total. The number of anilines is 1. The van der Waals surface area contributed by atoms with Gasteiger partial charge in [0, 0.05) is 50.2 Å². The van der Waals surface area contributed by atoms with Gasteiger partial charge in [0.15, 0.2) is 5.13 Å². The van der Waals surface area contributed by atoms with Gasteiger partial charge < -0.3 is 9.47 Å². The van der Waals surface area contributed by atoms with Crippen LogP contribution in [0.25, 0.3) is 0 Å². The molecule has 0 aliphatic carbocycles. The third-order valence-electron chi connectivity index (χ3n) is 5.35. The van der Waals surface area contributed by atoms with E-state index < -0.39 is 0 Å². The van der Waals surface area contributed by atoms with Crippen molar-refractivity contribution in [1.82, 2.24) is 14.8 Å². The molecule has 0 radical (unpaired) electrons. The first-order chi connectivity index (χ1) is 14.5. The van der Waals surface area contributed by atoms with E-state index in [0.717, 1.165) is 63.7 Å². The summed E-state index contributed by atoms with van der Waals surface area (Å²) in [6, 6.07) is 7.83. The Morgan fingerprint density at radius 1 is 1.17 bits per heavy atom. The van der Waals surface area contributed by atoms with Crippen molar-refractivity contribution in [3.05, 3.63) is 46.5 Å². The number of carbonyl (C=O) groups is 1. The van der Waals surface area contributed by atoms with Crippen LogP contribution in [0.3, 0.4) is 0 Å². The number of hydrogen-bond donors (Lipinski definition) is 1. The third kappa shape index (κ3) is 5.86. The molecule has 2 atom stereocenters. The van der Waals surface area contributed by atoms with Gasteiger partial charge in [0.25, 0.3) is 5.91 Å². The normalized spacial score (nSPS) is 23.4. The van der Waals surface area contributed by atoms with Gasteiger partial charge in [-0.05, 0) is 31.5 Å². The molecule has 1 amide bonds. The van der Waals surface area contributed by atoms with E-state index in [1.54, 1.807) is 0 Å². The highest BCUT2D eigenvalue weighted by Gasteiger charge is 2.23. The smallest absolute Gasteiger partial charge is 0.257 e. The fourth-order valence-corrected chi connectivity index (χ4v) is 4.77. The fourth-order valence-electron chi connectivity index (χ4n) is 4.08. The van der Waals surface area contributed by atoms with Crippen molar-refractivity contribution >= 4 is 22.4 Å². The molecule has 2 aliphatic heterocycles.